The van der Waals surface area contributed by atoms with E-state index >= 15 is 0 Å². The number of anilines is 2. The minimum absolute atomic E-state index is 0.345. The Morgan fingerprint density at radius 3 is 2.79 bits per heavy atom. The minimum atomic E-state index is -1.09. The van der Waals surface area contributed by atoms with Crippen LogP contribution in [0, 0.1) is 13.8 Å². The molecule has 1 atom stereocenters. The Balaban J connectivity index is 2.18. The van der Waals surface area contributed by atoms with Crippen molar-refractivity contribution in [3.8, 4) is 0 Å². The first-order chi connectivity index (χ1) is 8.97. The highest BCUT2D eigenvalue weighted by Crippen LogP contribution is 2.24. The van der Waals surface area contributed by atoms with Crippen LogP contribution in [-0.2, 0) is 4.79 Å². The van der Waals surface area contributed by atoms with Gasteiger partial charge < -0.3 is 16.2 Å². The maximum Gasteiger partial charge on any atom is 0.326 e. The number of thiazole rings is 1. The van der Waals surface area contributed by atoms with Gasteiger partial charge in [0.2, 0.25) is 0 Å². The number of nitrogens with two attached hydrogens (primary N) is 1. The second-order valence-corrected chi connectivity index (χ2v) is 4.96. The number of aliphatic carboxylic acids is 1. The summed E-state index contributed by atoms with van der Waals surface area (Å²) in [6, 6.07) is 2.71. The summed E-state index contributed by atoms with van der Waals surface area (Å²) in [6.07, 6.45) is 0. The molecule has 0 saturated carbocycles. The molecular weight excluding hydrogens is 264 g/mol. The van der Waals surface area contributed by atoms with E-state index in [1.54, 1.807) is 5.38 Å². The van der Waals surface area contributed by atoms with Gasteiger partial charge in [0.25, 0.3) is 0 Å². The summed E-state index contributed by atoms with van der Waals surface area (Å²) in [6.45, 7) is 3.82. The lowest BCUT2D eigenvalue weighted by molar-refractivity contribution is -0.138. The Morgan fingerprint density at radius 2 is 2.16 bits per heavy atom. The van der Waals surface area contributed by atoms with Crippen molar-refractivity contribution < 1.29 is 9.90 Å². The van der Waals surface area contributed by atoms with Gasteiger partial charge in [0, 0.05) is 11.1 Å². The van der Waals surface area contributed by atoms with Crippen LogP contribution in [0.4, 0.5) is 10.8 Å². The van der Waals surface area contributed by atoms with Crippen LogP contribution in [0.2, 0.25) is 0 Å². The van der Waals surface area contributed by atoms with Crippen LogP contribution in [-0.4, -0.2) is 21.0 Å². The molecular formula is C12H14N4O2S. The molecule has 0 amide bonds. The van der Waals surface area contributed by atoms with Crippen molar-refractivity contribution in [1.29, 1.82) is 0 Å². The van der Waals surface area contributed by atoms with Crippen LogP contribution < -0.4 is 11.1 Å². The van der Waals surface area contributed by atoms with Crippen molar-refractivity contribution in [2.24, 2.45) is 5.73 Å². The molecule has 0 spiro atoms. The van der Waals surface area contributed by atoms with E-state index in [4.69, 9.17) is 10.8 Å². The number of nitrogens with zero attached hydrogens (tertiary/aromatic N) is 2. The third-order valence-corrected chi connectivity index (χ3v) is 3.35. The average Bonchev–Trinajstić information content (AvgIpc) is 2.80. The van der Waals surface area contributed by atoms with Gasteiger partial charge in [0.05, 0.1) is 17.1 Å². The van der Waals surface area contributed by atoms with Crippen molar-refractivity contribution in [3.05, 3.63) is 34.6 Å². The number of hydrogen-bond donors (Lipinski definition) is 3. The van der Waals surface area contributed by atoms with Gasteiger partial charge in [0.1, 0.15) is 6.04 Å². The summed E-state index contributed by atoms with van der Waals surface area (Å²) in [7, 11) is 0. The molecule has 0 fully saturated rings. The third-order valence-electron chi connectivity index (χ3n) is 2.57. The SMILES string of the molecule is Cc1ccc(Nc2nc(C(N)C(=O)O)cs2)c(C)n1. The van der Waals surface area contributed by atoms with E-state index in [1.807, 2.05) is 26.0 Å². The van der Waals surface area contributed by atoms with Crippen LogP contribution in [0.1, 0.15) is 23.1 Å². The fraction of sp³-hybridized carbons (Fsp3) is 0.250. The number of hydrogen-bond acceptors (Lipinski definition) is 6. The number of aromatic nitrogens is 2. The van der Waals surface area contributed by atoms with Crippen molar-refractivity contribution in [2.45, 2.75) is 19.9 Å². The zero-order chi connectivity index (χ0) is 14.0. The number of aryl methyl sites for hydroxylation is 2. The molecule has 0 saturated heterocycles. The van der Waals surface area contributed by atoms with Crippen LogP contribution in [0.25, 0.3) is 0 Å². The highest BCUT2D eigenvalue weighted by molar-refractivity contribution is 7.13. The molecule has 2 heterocycles. The van der Waals surface area contributed by atoms with Gasteiger partial charge in [0.15, 0.2) is 5.13 Å². The molecule has 19 heavy (non-hydrogen) atoms. The van der Waals surface area contributed by atoms with Crippen molar-refractivity contribution in [1.82, 2.24) is 9.97 Å². The molecule has 100 valence electrons. The molecule has 0 bridgehead atoms. The van der Waals surface area contributed by atoms with Crippen molar-refractivity contribution in [2.75, 3.05) is 5.32 Å². The molecule has 0 radical (unpaired) electrons. The molecule has 0 aromatic carbocycles. The van der Waals surface area contributed by atoms with Gasteiger partial charge in [-0.25, -0.2) is 4.98 Å². The van der Waals surface area contributed by atoms with Crippen LogP contribution in [0.3, 0.4) is 0 Å². The predicted octanol–water partition coefficient (Wildman–Crippen LogP) is 1.98. The first kappa shape index (κ1) is 13.4. The highest BCUT2D eigenvalue weighted by Gasteiger charge is 2.17. The van der Waals surface area contributed by atoms with Crippen LogP contribution in [0.15, 0.2) is 17.5 Å². The fourth-order valence-corrected chi connectivity index (χ4v) is 2.31. The standard InChI is InChI=1S/C12H14N4O2S/c1-6-3-4-8(7(2)14-6)15-12-16-9(5-19-12)10(13)11(17)18/h3-5,10H,13H2,1-2H3,(H,15,16)(H,17,18). The monoisotopic (exact) mass is 278 g/mol. The molecule has 0 aliphatic heterocycles. The van der Waals surface area contributed by atoms with Crippen LogP contribution >= 0.6 is 11.3 Å². The summed E-state index contributed by atoms with van der Waals surface area (Å²) >= 11 is 1.31. The summed E-state index contributed by atoms with van der Waals surface area (Å²) in [4.78, 5) is 19.3. The number of nitrogens with one attached hydrogen (secondary N) is 1. The maximum absolute atomic E-state index is 10.8. The minimum Gasteiger partial charge on any atom is -0.480 e. The van der Waals surface area contributed by atoms with Gasteiger partial charge >= 0.3 is 5.97 Å². The molecule has 0 aliphatic carbocycles. The Morgan fingerprint density at radius 1 is 1.42 bits per heavy atom. The topological polar surface area (TPSA) is 101 Å². The first-order valence-corrected chi connectivity index (χ1v) is 6.50. The fourth-order valence-electron chi connectivity index (χ4n) is 1.55. The smallest absolute Gasteiger partial charge is 0.326 e. The van der Waals surface area contributed by atoms with E-state index in [2.05, 4.69) is 15.3 Å². The molecule has 6 nitrogen and oxygen atoms in total. The lowest BCUT2D eigenvalue weighted by Gasteiger charge is -2.06. The summed E-state index contributed by atoms with van der Waals surface area (Å²) in [5.41, 5.74) is 8.49. The second kappa shape index (κ2) is 5.33. The Hall–Kier alpha value is -1.99. The molecule has 2 aromatic heterocycles. The van der Waals surface area contributed by atoms with Crippen LogP contribution in [0.5, 0.6) is 0 Å². The molecule has 1 unspecified atom stereocenters. The lowest BCUT2D eigenvalue weighted by atomic mass is 10.2. The first-order valence-electron chi connectivity index (χ1n) is 5.62. The van der Waals surface area contributed by atoms with E-state index in [9.17, 15) is 4.79 Å². The molecule has 2 aromatic rings. The number of carbonyl (C=O) groups is 1. The predicted molar refractivity (Wildman–Crippen MR) is 73.7 cm³/mol. The maximum atomic E-state index is 10.8. The summed E-state index contributed by atoms with van der Waals surface area (Å²) in [5, 5.41) is 14.2. The van der Waals surface area contributed by atoms with E-state index < -0.39 is 12.0 Å². The Kier molecular flexibility index (Phi) is 3.77. The van der Waals surface area contributed by atoms with E-state index in [0.717, 1.165) is 17.1 Å². The van der Waals surface area contributed by atoms with Gasteiger partial charge in [-0.15, -0.1) is 11.3 Å². The number of carboxylic acids is 1. The van der Waals surface area contributed by atoms with Gasteiger partial charge in [-0.3, -0.25) is 9.78 Å². The van der Waals surface area contributed by atoms with Gasteiger partial charge in [-0.1, -0.05) is 0 Å². The Labute approximate surface area is 114 Å². The molecule has 0 aliphatic rings. The summed E-state index contributed by atoms with van der Waals surface area (Å²) < 4.78 is 0. The Bertz CT molecular complexity index is 612. The molecule has 2 rings (SSSR count). The number of pyridine rings is 1. The quantitative estimate of drug-likeness (QED) is 0.790. The third kappa shape index (κ3) is 3.07. The lowest BCUT2D eigenvalue weighted by Crippen LogP contribution is -2.20. The second-order valence-electron chi connectivity index (χ2n) is 4.10. The van der Waals surface area contributed by atoms with Crippen molar-refractivity contribution >= 4 is 28.1 Å². The van der Waals surface area contributed by atoms with E-state index in [1.165, 1.54) is 11.3 Å². The van der Waals surface area contributed by atoms with Crippen molar-refractivity contribution in [3.63, 3.8) is 0 Å². The summed E-state index contributed by atoms with van der Waals surface area (Å²) in [5.74, 6) is -1.09. The zero-order valence-electron chi connectivity index (χ0n) is 10.5. The highest BCUT2D eigenvalue weighted by atomic mass is 32.1. The van der Waals surface area contributed by atoms with E-state index in [-0.39, 0.29) is 0 Å². The zero-order valence-corrected chi connectivity index (χ0v) is 11.4. The van der Waals surface area contributed by atoms with Gasteiger partial charge in [-0.05, 0) is 26.0 Å². The number of carboxylic acid groups (broad SMARTS) is 1. The molecule has 7 heteroatoms. The molecule has 4 N–H and O–H groups in total. The largest absolute Gasteiger partial charge is 0.480 e. The number of rotatable bonds is 4. The average molecular weight is 278 g/mol. The van der Waals surface area contributed by atoms with E-state index in [0.29, 0.717) is 10.8 Å². The van der Waals surface area contributed by atoms with Gasteiger partial charge in [-0.2, -0.15) is 0 Å². The normalized spacial score (nSPS) is 12.2.